The molecule has 0 radical (unpaired) electrons. The van der Waals surface area contributed by atoms with Crippen molar-refractivity contribution in [2.45, 2.75) is 20.0 Å². The number of rotatable bonds is 5. The number of hydrogen-bond donors (Lipinski definition) is 2. The summed E-state index contributed by atoms with van der Waals surface area (Å²) in [6.07, 6.45) is 1.54. The zero-order valence-electron chi connectivity index (χ0n) is 11.8. The smallest absolute Gasteiger partial charge is 0.191 e. The highest BCUT2D eigenvalue weighted by atomic mass is 127. The molecule has 6 nitrogen and oxygen atoms in total. The van der Waals surface area contributed by atoms with Gasteiger partial charge in [0.15, 0.2) is 5.96 Å². The van der Waals surface area contributed by atoms with E-state index in [0.717, 1.165) is 28.7 Å². The first-order valence-electron chi connectivity index (χ1n) is 6.28. The number of aromatic nitrogens is 3. The first-order valence-corrected chi connectivity index (χ1v) is 7.89. The molecule has 2 aromatic rings. The van der Waals surface area contributed by atoms with Crippen LogP contribution in [0.5, 0.6) is 0 Å². The molecule has 21 heavy (non-hydrogen) atoms. The van der Waals surface area contributed by atoms with Crippen molar-refractivity contribution in [3.05, 3.63) is 32.9 Å². The molecule has 0 fully saturated rings. The molecule has 2 aromatic heterocycles. The number of guanidine groups is 1. The molecule has 0 unspecified atom stereocenters. The lowest BCUT2D eigenvalue weighted by Gasteiger charge is -2.10. The largest absolute Gasteiger partial charge is 0.357 e. The van der Waals surface area contributed by atoms with Gasteiger partial charge in [-0.05, 0) is 35.0 Å². The van der Waals surface area contributed by atoms with Gasteiger partial charge in [-0.15, -0.1) is 35.3 Å². The van der Waals surface area contributed by atoms with E-state index < -0.39 is 0 Å². The average Bonchev–Trinajstić information content (AvgIpc) is 3.02. The van der Waals surface area contributed by atoms with E-state index in [1.165, 1.54) is 11.2 Å². The first kappa shape index (κ1) is 18.4. The minimum absolute atomic E-state index is 0. The van der Waals surface area contributed by atoms with Gasteiger partial charge in [0.25, 0.3) is 0 Å². The van der Waals surface area contributed by atoms with Crippen LogP contribution >= 0.6 is 51.2 Å². The zero-order chi connectivity index (χ0) is 14.4. The normalized spacial score (nSPS) is 11.1. The van der Waals surface area contributed by atoms with Gasteiger partial charge in [-0.1, -0.05) is 0 Å². The summed E-state index contributed by atoms with van der Waals surface area (Å²) in [6.45, 7) is 4.11. The molecule has 0 atom stereocenters. The number of nitrogens with zero attached hydrogens (tertiary/aromatic N) is 4. The second-order valence-corrected chi connectivity index (χ2v) is 6.60. The van der Waals surface area contributed by atoms with E-state index in [1.807, 2.05) is 20.0 Å². The molecule has 0 bridgehead atoms. The van der Waals surface area contributed by atoms with Crippen LogP contribution in [-0.4, -0.2) is 27.3 Å². The molecule has 2 rings (SSSR count). The van der Waals surface area contributed by atoms with Gasteiger partial charge >= 0.3 is 0 Å². The number of aliphatic imine (C=N–C) groups is 1. The van der Waals surface area contributed by atoms with Crippen LogP contribution in [0, 0.1) is 0 Å². The summed E-state index contributed by atoms with van der Waals surface area (Å²) in [5, 5.41) is 10.5. The molecule has 0 aliphatic heterocycles. The molecule has 2 N–H and O–H groups in total. The van der Waals surface area contributed by atoms with E-state index in [9.17, 15) is 0 Å². The van der Waals surface area contributed by atoms with E-state index in [0.29, 0.717) is 6.54 Å². The van der Waals surface area contributed by atoms with Crippen molar-refractivity contribution >= 4 is 57.2 Å². The maximum absolute atomic E-state index is 4.50. The second-order valence-electron chi connectivity index (χ2n) is 4.05. The summed E-state index contributed by atoms with van der Waals surface area (Å²) in [6, 6.07) is 4.14. The Balaban J connectivity index is 0.00000220. The van der Waals surface area contributed by atoms with Crippen LogP contribution in [0.15, 0.2) is 27.2 Å². The Morgan fingerprint density at radius 2 is 2.24 bits per heavy atom. The second kappa shape index (κ2) is 9.36. The lowest BCUT2D eigenvalue weighted by molar-refractivity contribution is 0.697. The Morgan fingerprint density at radius 1 is 1.43 bits per heavy atom. The maximum Gasteiger partial charge on any atom is 0.191 e. The summed E-state index contributed by atoms with van der Waals surface area (Å²) in [5.41, 5.74) is 0. The van der Waals surface area contributed by atoms with Gasteiger partial charge in [0, 0.05) is 18.5 Å². The lowest BCUT2D eigenvalue weighted by atomic mass is 10.4. The zero-order valence-corrected chi connectivity index (χ0v) is 16.6. The van der Waals surface area contributed by atoms with Gasteiger partial charge < -0.3 is 10.6 Å². The quantitative estimate of drug-likeness (QED) is 0.388. The highest BCUT2D eigenvalue weighted by Crippen LogP contribution is 2.21. The number of hydrogen-bond acceptors (Lipinski definition) is 4. The molecule has 0 aliphatic rings. The van der Waals surface area contributed by atoms with E-state index in [2.05, 4.69) is 47.7 Å². The van der Waals surface area contributed by atoms with Crippen LogP contribution in [0.2, 0.25) is 0 Å². The van der Waals surface area contributed by atoms with Crippen LogP contribution in [-0.2, 0) is 20.1 Å². The third kappa shape index (κ3) is 5.91. The molecule has 0 saturated heterocycles. The van der Waals surface area contributed by atoms with Crippen LogP contribution < -0.4 is 10.6 Å². The third-order valence-electron chi connectivity index (χ3n) is 2.59. The standard InChI is InChI=1S/C12H17BrN6S.HI/c1-3-14-12(15-6-9-4-5-10(13)20-9)16-7-11-17-8-18-19(11)2;/h4-5,8H,3,6-7H2,1-2H3,(H2,14,15,16);1H. The number of halogens is 2. The topological polar surface area (TPSA) is 67.1 Å². The lowest BCUT2D eigenvalue weighted by Crippen LogP contribution is -2.36. The molecule has 0 aromatic carbocycles. The number of thiophene rings is 1. The van der Waals surface area contributed by atoms with Crippen molar-refractivity contribution in [1.29, 1.82) is 0 Å². The third-order valence-corrected chi connectivity index (χ3v) is 4.21. The SMILES string of the molecule is CCNC(=NCc1ncnn1C)NCc1ccc(Br)s1.I. The summed E-state index contributed by atoms with van der Waals surface area (Å²) in [7, 11) is 1.86. The van der Waals surface area contributed by atoms with Crippen molar-refractivity contribution in [3.63, 3.8) is 0 Å². The van der Waals surface area contributed by atoms with Crippen molar-refractivity contribution in [2.75, 3.05) is 6.54 Å². The molecule has 2 heterocycles. The summed E-state index contributed by atoms with van der Waals surface area (Å²) in [5.74, 6) is 1.61. The fraction of sp³-hybridized carbons (Fsp3) is 0.417. The molecule has 0 saturated carbocycles. The fourth-order valence-electron chi connectivity index (χ4n) is 1.57. The highest BCUT2D eigenvalue weighted by Gasteiger charge is 2.03. The monoisotopic (exact) mass is 484 g/mol. The van der Waals surface area contributed by atoms with Gasteiger partial charge in [0.05, 0.1) is 10.3 Å². The van der Waals surface area contributed by atoms with Crippen molar-refractivity contribution in [1.82, 2.24) is 25.4 Å². The Morgan fingerprint density at radius 3 is 2.81 bits per heavy atom. The summed E-state index contributed by atoms with van der Waals surface area (Å²) in [4.78, 5) is 9.91. The van der Waals surface area contributed by atoms with E-state index in [-0.39, 0.29) is 24.0 Å². The van der Waals surface area contributed by atoms with Gasteiger partial charge in [0.2, 0.25) is 0 Å². The van der Waals surface area contributed by atoms with Crippen LogP contribution in [0.25, 0.3) is 0 Å². The van der Waals surface area contributed by atoms with Crippen molar-refractivity contribution in [2.24, 2.45) is 12.0 Å². The predicted molar refractivity (Wildman–Crippen MR) is 100 cm³/mol. The molecule has 0 aliphatic carbocycles. The predicted octanol–water partition coefficient (Wildman–Crippen LogP) is 2.51. The van der Waals surface area contributed by atoms with Crippen LogP contribution in [0.4, 0.5) is 0 Å². The first-order chi connectivity index (χ1) is 9.69. The molecule has 116 valence electrons. The molecule has 0 spiro atoms. The van der Waals surface area contributed by atoms with E-state index in [1.54, 1.807) is 16.0 Å². The van der Waals surface area contributed by atoms with Gasteiger partial charge in [0.1, 0.15) is 18.7 Å². The van der Waals surface area contributed by atoms with E-state index in [4.69, 9.17) is 0 Å². The Labute approximate surface area is 153 Å². The van der Waals surface area contributed by atoms with E-state index >= 15 is 0 Å². The summed E-state index contributed by atoms with van der Waals surface area (Å²) < 4.78 is 2.86. The van der Waals surface area contributed by atoms with Gasteiger partial charge in [-0.25, -0.2) is 9.98 Å². The molecule has 9 heteroatoms. The highest BCUT2D eigenvalue weighted by molar-refractivity contribution is 14.0. The Kier molecular flexibility index (Phi) is 8.19. The molecule has 0 amide bonds. The van der Waals surface area contributed by atoms with Gasteiger partial charge in [-0.2, -0.15) is 5.10 Å². The van der Waals surface area contributed by atoms with Crippen molar-refractivity contribution in [3.8, 4) is 0 Å². The van der Waals surface area contributed by atoms with Crippen LogP contribution in [0.1, 0.15) is 17.6 Å². The maximum atomic E-state index is 4.50. The Bertz CT molecular complexity index is 582. The minimum atomic E-state index is 0. The fourth-order valence-corrected chi connectivity index (χ4v) is 3.00. The van der Waals surface area contributed by atoms with Crippen LogP contribution in [0.3, 0.4) is 0 Å². The van der Waals surface area contributed by atoms with Crippen molar-refractivity contribution < 1.29 is 0 Å². The molecular weight excluding hydrogens is 467 g/mol. The average molecular weight is 485 g/mol. The minimum Gasteiger partial charge on any atom is -0.357 e. The summed E-state index contributed by atoms with van der Waals surface area (Å²) >= 11 is 5.17. The molecular formula is C12H18BrIN6S. The van der Waals surface area contributed by atoms with Gasteiger partial charge in [-0.3, -0.25) is 4.68 Å². The number of nitrogens with one attached hydrogen (secondary N) is 2. The Hall–Kier alpha value is -0.680. The number of aryl methyl sites for hydroxylation is 1.